The van der Waals surface area contributed by atoms with Gasteiger partial charge in [-0.3, -0.25) is 0 Å². The first-order chi connectivity index (χ1) is 6.93. The number of alkyl halides is 1. The van der Waals surface area contributed by atoms with Gasteiger partial charge >= 0.3 is 0 Å². The Labute approximate surface area is 103 Å². The molecule has 1 heterocycles. The molecule has 0 aromatic rings. The molecule has 0 radical (unpaired) electrons. The topological polar surface area (TPSA) is 9.23 Å². The van der Waals surface area contributed by atoms with E-state index in [-0.39, 0.29) is 0 Å². The van der Waals surface area contributed by atoms with Crippen LogP contribution in [0.2, 0.25) is 19.6 Å². The summed E-state index contributed by atoms with van der Waals surface area (Å²) in [5.74, 6) is 0. The number of ether oxygens (including phenoxy) is 1. The van der Waals surface area contributed by atoms with Crippen LogP contribution in [-0.2, 0) is 4.74 Å². The van der Waals surface area contributed by atoms with Crippen molar-refractivity contribution < 1.29 is 4.74 Å². The number of halogens is 1. The summed E-state index contributed by atoms with van der Waals surface area (Å²) in [6, 6.07) is 0. The van der Waals surface area contributed by atoms with E-state index < -0.39 is 8.07 Å². The molecule has 1 aliphatic heterocycles. The monoisotopic (exact) mass is 290 g/mol. The van der Waals surface area contributed by atoms with Gasteiger partial charge in [0.2, 0.25) is 0 Å². The van der Waals surface area contributed by atoms with E-state index >= 15 is 0 Å². The molecule has 1 aliphatic carbocycles. The highest BCUT2D eigenvalue weighted by Crippen LogP contribution is 2.47. The SMILES string of the molecule is C[Si](C)(C)[C@H](Br)[C@@H]1CC2(CCCCC2)O1. The third kappa shape index (κ3) is 2.50. The lowest BCUT2D eigenvalue weighted by Gasteiger charge is -2.53. The lowest BCUT2D eigenvalue weighted by molar-refractivity contribution is -0.213. The maximum absolute atomic E-state index is 6.24. The van der Waals surface area contributed by atoms with Crippen molar-refractivity contribution in [3.63, 3.8) is 0 Å². The average molecular weight is 291 g/mol. The second-order valence-electron chi connectivity index (χ2n) is 6.37. The van der Waals surface area contributed by atoms with Gasteiger partial charge in [0.05, 0.1) is 19.8 Å². The Bertz CT molecular complexity index is 222. The van der Waals surface area contributed by atoms with Crippen LogP contribution >= 0.6 is 15.9 Å². The first-order valence-electron chi connectivity index (χ1n) is 6.25. The van der Waals surface area contributed by atoms with E-state index in [0.717, 1.165) is 0 Å². The molecule has 0 aromatic heterocycles. The molecule has 1 spiro atoms. The van der Waals surface area contributed by atoms with E-state index in [2.05, 4.69) is 35.6 Å². The Hall–Kier alpha value is 0.657. The second-order valence-corrected chi connectivity index (χ2v) is 13.6. The van der Waals surface area contributed by atoms with E-state index in [1.54, 1.807) is 0 Å². The average Bonchev–Trinajstić information content (AvgIpc) is 2.13. The van der Waals surface area contributed by atoms with Crippen molar-refractivity contribution in [1.82, 2.24) is 0 Å². The quantitative estimate of drug-likeness (QED) is 0.549. The molecule has 2 rings (SSSR count). The van der Waals surface area contributed by atoms with Crippen LogP contribution in [-0.4, -0.2) is 24.2 Å². The number of rotatable bonds is 2. The summed E-state index contributed by atoms with van der Waals surface area (Å²) >= 11 is 3.86. The molecule has 2 fully saturated rings. The zero-order chi connectivity index (χ0) is 11.1. The Morgan fingerprint density at radius 3 is 2.20 bits per heavy atom. The van der Waals surface area contributed by atoms with Crippen LogP contribution in [0.3, 0.4) is 0 Å². The predicted molar refractivity (Wildman–Crippen MR) is 71.4 cm³/mol. The summed E-state index contributed by atoms with van der Waals surface area (Å²) in [5, 5.41) is 0. The van der Waals surface area contributed by atoms with Crippen LogP contribution in [0, 0.1) is 0 Å². The van der Waals surface area contributed by atoms with Crippen molar-refractivity contribution in [2.75, 3.05) is 0 Å². The summed E-state index contributed by atoms with van der Waals surface area (Å²) in [6.45, 7) is 7.25. The van der Waals surface area contributed by atoms with Gasteiger partial charge in [0.15, 0.2) is 0 Å². The van der Waals surface area contributed by atoms with Crippen LogP contribution in [0.1, 0.15) is 38.5 Å². The molecule has 88 valence electrons. The molecule has 0 N–H and O–H groups in total. The Balaban J connectivity index is 1.86. The van der Waals surface area contributed by atoms with E-state index in [1.807, 2.05) is 0 Å². The van der Waals surface area contributed by atoms with Crippen LogP contribution in [0.4, 0.5) is 0 Å². The summed E-state index contributed by atoms with van der Waals surface area (Å²) < 4.78 is 6.88. The third-order valence-electron chi connectivity index (χ3n) is 3.89. The molecular formula is C12H23BrOSi. The second kappa shape index (κ2) is 4.15. The van der Waals surface area contributed by atoms with Crippen LogP contribution < -0.4 is 0 Å². The molecule has 15 heavy (non-hydrogen) atoms. The summed E-state index contributed by atoms with van der Waals surface area (Å²) in [4.78, 5) is 0. The van der Waals surface area contributed by atoms with Gasteiger partial charge in [0.25, 0.3) is 0 Å². The van der Waals surface area contributed by atoms with Gasteiger partial charge in [0.1, 0.15) is 0 Å². The van der Waals surface area contributed by atoms with Gasteiger partial charge in [-0.1, -0.05) is 54.8 Å². The molecule has 2 atom stereocenters. The Morgan fingerprint density at radius 1 is 1.20 bits per heavy atom. The largest absolute Gasteiger partial charge is 0.371 e. The fourth-order valence-electron chi connectivity index (χ4n) is 2.92. The number of hydrogen-bond acceptors (Lipinski definition) is 1. The Morgan fingerprint density at radius 2 is 1.73 bits per heavy atom. The summed E-state index contributed by atoms with van der Waals surface area (Å²) in [6.07, 6.45) is 8.63. The fourth-order valence-corrected chi connectivity index (χ4v) is 4.51. The molecular weight excluding hydrogens is 268 g/mol. The highest BCUT2D eigenvalue weighted by Gasteiger charge is 2.50. The van der Waals surface area contributed by atoms with Gasteiger partial charge < -0.3 is 4.74 Å². The molecule has 0 bridgehead atoms. The smallest absolute Gasteiger partial charge is 0.0711 e. The molecule has 1 nitrogen and oxygen atoms in total. The minimum absolute atomic E-state index is 0.314. The standard InChI is InChI=1S/C12H23BrOSi/c1-15(2,3)11(13)10-9-12(14-10)7-5-4-6-8-12/h10-11H,4-9H2,1-3H3/t10-,11-/m0/s1. The van der Waals surface area contributed by atoms with E-state index in [9.17, 15) is 0 Å². The third-order valence-corrected chi connectivity index (χ3v) is 10.6. The normalized spacial score (nSPS) is 32.4. The lowest BCUT2D eigenvalue weighted by Crippen LogP contribution is -2.59. The van der Waals surface area contributed by atoms with Gasteiger partial charge in [-0.25, -0.2) is 0 Å². The summed E-state index contributed by atoms with van der Waals surface area (Å²) in [5.41, 5.74) is 0.314. The van der Waals surface area contributed by atoms with Crippen molar-refractivity contribution in [2.24, 2.45) is 0 Å². The van der Waals surface area contributed by atoms with Crippen LogP contribution in [0.25, 0.3) is 0 Å². The first-order valence-corrected chi connectivity index (χ1v) is 10.7. The van der Waals surface area contributed by atoms with Crippen molar-refractivity contribution in [2.45, 2.75) is 74.3 Å². The van der Waals surface area contributed by atoms with E-state index in [0.29, 0.717) is 16.2 Å². The molecule has 1 saturated heterocycles. The van der Waals surface area contributed by atoms with Crippen molar-refractivity contribution in [3.05, 3.63) is 0 Å². The van der Waals surface area contributed by atoms with E-state index in [1.165, 1.54) is 38.5 Å². The van der Waals surface area contributed by atoms with Crippen molar-refractivity contribution in [1.29, 1.82) is 0 Å². The fraction of sp³-hybridized carbons (Fsp3) is 1.00. The van der Waals surface area contributed by atoms with Gasteiger partial charge in [-0.2, -0.15) is 0 Å². The van der Waals surface area contributed by atoms with Gasteiger partial charge in [0, 0.05) is 10.9 Å². The van der Waals surface area contributed by atoms with Gasteiger partial charge in [-0.15, -0.1) is 0 Å². The minimum Gasteiger partial charge on any atom is -0.371 e. The minimum atomic E-state index is -1.08. The first kappa shape index (κ1) is 12.1. The molecule has 0 unspecified atom stereocenters. The number of hydrogen-bond donors (Lipinski definition) is 0. The van der Waals surface area contributed by atoms with Crippen LogP contribution in [0.15, 0.2) is 0 Å². The highest BCUT2D eigenvalue weighted by atomic mass is 79.9. The molecule has 1 saturated carbocycles. The molecule has 3 heteroatoms. The lowest BCUT2D eigenvalue weighted by atomic mass is 9.77. The van der Waals surface area contributed by atoms with Crippen LogP contribution in [0.5, 0.6) is 0 Å². The van der Waals surface area contributed by atoms with Crippen molar-refractivity contribution in [3.8, 4) is 0 Å². The van der Waals surface area contributed by atoms with E-state index in [4.69, 9.17) is 4.74 Å². The Kier molecular flexibility index (Phi) is 3.36. The highest BCUT2D eigenvalue weighted by molar-refractivity contribution is 9.10. The van der Waals surface area contributed by atoms with Crippen molar-refractivity contribution >= 4 is 24.0 Å². The summed E-state index contributed by atoms with van der Waals surface area (Å²) in [7, 11) is -1.08. The zero-order valence-corrected chi connectivity index (χ0v) is 12.8. The zero-order valence-electron chi connectivity index (χ0n) is 10.2. The maximum atomic E-state index is 6.24. The predicted octanol–water partition coefficient (Wildman–Crippen LogP) is 4.12. The molecule has 0 amide bonds. The molecule has 0 aromatic carbocycles. The maximum Gasteiger partial charge on any atom is 0.0711 e. The molecule has 2 aliphatic rings. The van der Waals surface area contributed by atoms with Gasteiger partial charge in [-0.05, 0) is 12.8 Å².